The Morgan fingerprint density at radius 1 is 0.771 bits per heavy atom. The zero-order valence-corrected chi connectivity index (χ0v) is 32.0. The van der Waals surface area contributed by atoms with Crippen LogP contribution in [0.1, 0.15) is 103 Å². The van der Waals surface area contributed by atoms with E-state index in [-0.39, 0.29) is 5.41 Å². The molecule has 0 nitrogen and oxygen atoms in total. The summed E-state index contributed by atoms with van der Waals surface area (Å²) in [5.74, 6) is 1.70. The van der Waals surface area contributed by atoms with Crippen molar-refractivity contribution in [2.45, 2.75) is 127 Å². The van der Waals surface area contributed by atoms with Crippen LogP contribution < -0.4 is 6.47 Å². The molecule has 0 spiro atoms. The van der Waals surface area contributed by atoms with Crippen LogP contribution in [0.25, 0.3) is 9.75 Å². The first-order valence-corrected chi connectivity index (χ1v) is 36.4. The maximum atomic E-state index is 2.72. The maximum absolute atomic E-state index is 2.72. The monoisotopic (exact) mass is 730 g/mol. The Hall–Kier alpha value is 0.997. The van der Waals surface area contributed by atoms with Gasteiger partial charge in [-0.3, -0.25) is 0 Å². The number of fused-ring (bicyclic) bond motifs is 3. The SMILES string of the molecule is CCCCC(CC)CC1(CC(CC)CCCC)c2ccsc2-c2s[c]([Sn]([CH3])([CH3])[CH3])[c]([Sn]([CH3])([CH3])[CH3])c21. The van der Waals surface area contributed by atoms with Crippen molar-refractivity contribution in [1.29, 1.82) is 0 Å². The Bertz CT molecular complexity index is 936. The second kappa shape index (κ2) is 12.5. The van der Waals surface area contributed by atoms with Crippen LogP contribution in [0.15, 0.2) is 11.4 Å². The van der Waals surface area contributed by atoms with Gasteiger partial charge in [0.1, 0.15) is 0 Å². The fourth-order valence-corrected chi connectivity index (χ4v) is 37.4. The van der Waals surface area contributed by atoms with Gasteiger partial charge < -0.3 is 0 Å². The van der Waals surface area contributed by atoms with E-state index in [1.54, 1.807) is 15.3 Å². The molecular weight excluding hydrogens is 674 g/mol. The van der Waals surface area contributed by atoms with Crippen molar-refractivity contribution >= 4 is 65.9 Å². The van der Waals surface area contributed by atoms with E-state index in [1.165, 1.54) is 64.2 Å². The van der Waals surface area contributed by atoms with Crippen LogP contribution in [0, 0.1) is 11.8 Å². The molecule has 0 saturated carbocycles. The molecule has 0 bridgehead atoms. The summed E-state index contributed by atoms with van der Waals surface area (Å²) in [7, 11) is 0. The summed E-state index contributed by atoms with van der Waals surface area (Å²) in [6.07, 6.45) is 13.7. The van der Waals surface area contributed by atoms with Crippen molar-refractivity contribution in [3.05, 3.63) is 22.6 Å². The summed E-state index contributed by atoms with van der Waals surface area (Å²) in [6, 6.07) is 2.58. The van der Waals surface area contributed by atoms with Crippen LogP contribution in [0.3, 0.4) is 0 Å². The average molecular weight is 728 g/mol. The van der Waals surface area contributed by atoms with Gasteiger partial charge in [0.25, 0.3) is 0 Å². The van der Waals surface area contributed by atoms with E-state index in [4.69, 9.17) is 0 Å². The number of hydrogen-bond acceptors (Lipinski definition) is 2. The molecule has 35 heavy (non-hydrogen) atoms. The first-order chi connectivity index (χ1) is 16.4. The van der Waals surface area contributed by atoms with Crippen molar-refractivity contribution in [3.63, 3.8) is 0 Å². The normalized spacial score (nSPS) is 19.6. The van der Waals surface area contributed by atoms with Gasteiger partial charge in [-0.05, 0) is 0 Å². The molecule has 0 amide bonds. The average Bonchev–Trinajstić information content (AvgIpc) is 3.47. The van der Waals surface area contributed by atoms with Crippen LogP contribution >= 0.6 is 22.7 Å². The van der Waals surface area contributed by atoms with Crippen LogP contribution in [-0.2, 0) is 5.41 Å². The third-order valence-corrected chi connectivity index (χ3v) is 28.5. The number of hydrogen-bond donors (Lipinski definition) is 0. The van der Waals surface area contributed by atoms with Gasteiger partial charge in [0, 0.05) is 0 Å². The van der Waals surface area contributed by atoms with Crippen molar-refractivity contribution in [3.8, 4) is 9.75 Å². The summed E-state index contributed by atoms with van der Waals surface area (Å²) >= 11 is -0.264. The van der Waals surface area contributed by atoms with E-state index in [9.17, 15) is 0 Å². The molecule has 2 unspecified atom stereocenters. The minimum absolute atomic E-state index is 0.277. The third kappa shape index (κ3) is 6.43. The van der Waals surface area contributed by atoms with Crippen molar-refractivity contribution in [2.75, 3.05) is 0 Å². The van der Waals surface area contributed by atoms with Crippen molar-refractivity contribution in [1.82, 2.24) is 0 Å². The molecule has 0 fully saturated rings. The topological polar surface area (TPSA) is 0 Å². The molecule has 1 aliphatic rings. The van der Waals surface area contributed by atoms with Crippen LogP contribution in [0.4, 0.5) is 0 Å². The molecular formula is C31H54S2Sn2. The Balaban J connectivity index is 2.30. The molecule has 0 aliphatic heterocycles. The van der Waals surface area contributed by atoms with Crippen molar-refractivity contribution < 1.29 is 0 Å². The Morgan fingerprint density at radius 2 is 1.31 bits per heavy atom. The van der Waals surface area contributed by atoms with E-state index >= 15 is 0 Å². The number of thiophene rings is 2. The van der Waals surface area contributed by atoms with Gasteiger partial charge in [0.05, 0.1) is 0 Å². The first-order valence-electron chi connectivity index (χ1n) is 14.7. The zero-order chi connectivity index (χ0) is 26.0. The molecule has 3 rings (SSSR count). The van der Waals surface area contributed by atoms with Crippen LogP contribution in [0.2, 0.25) is 29.6 Å². The second-order valence-corrected chi connectivity index (χ2v) is 45.0. The molecule has 2 heterocycles. The molecule has 0 N–H and O–H groups in total. The molecule has 0 saturated heterocycles. The van der Waals surface area contributed by atoms with Gasteiger partial charge in [-0.1, -0.05) is 0 Å². The molecule has 198 valence electrons. The predicted octanol–water partition coefficient (Wildman–Crippen LogP) is 10.4. The van der Waals surface area contributed by atoms with Crippen LogP contribution in [0.5, 0.6) is 0 Å². The second-order valence-electron chi connectivity index (χ2n) is 13.5. The van der Waals surface area contributed by atoms with E-state index in [0.29, 0.717) is 0 Å². The summed E-state index contributed by atoms with van der Waals surface area (Å²) in [4.78, 5) is 19.6. The van der Waals surface area contributed by atoms with Crippen molar-refractivity contribution in [2.24, 2.45) is 11.8 Å². The number of rotatable bonds is 14. The fraction of sp³-hybridized carbons (Fsp3) is 0.742. The molecule has 1 aliphatic carbocycles. The summed E-state index contributed by atoms with van der Waals surface area (Å²) < 4.78 is 3.95. The van der Waals surface area contributed by atoms with Gasteiger partial charge >= 0.3 is 237 Å². The third-order valence-electron chi connectivity index (χ3n) is 8.57. The standard InChI is InChI=1S/C25H36S2.6CH3.2Sn/c1-5-9-11-19(7-3)17-25(18-20(8-4)12-10-6-2)21-13-15-26-23(21)24-22(25)14-16-27-24;;;;;;;;/h13,15,19-20H,5-12,17-18H2,1-4H3;6*1H3;;. The van der Waals surface area contributed by atoms with Gasteiger partial charge in [0.15, 0.2) is 0 Å². The summed E-state index contributed by atoms with van der Waals surface area (Å²) in [5, 5.41) is 2.43. The molecule has 4 heteroatoms. The number of unbranched alkanes of at least 4 members (excludes halogenated alkanes) is 2. The Kier molecular flexibility index (Phi) is 10.9. The Morgan fingerprint density at radius 3 is 1.74 bits per heavy atom. The van der Waals surface area contributed by atoms with Crippen LogP contribution in [-0.4, -0.2) is 36.8 Å². The zero-order valence-electron chi connectivity index (χ0n) is 24.7. The molecule has 0 radical (unpaired) electrons. The van der Waals surface area contributed by atoms with Gasteiger partial charge in [0.2, 0.25) is 0 Å². The summed E-state index contributed by atoms with van der Waals surface area (Å²) in [6.45, 7) is 9.69. The minimum atomic E-state index is -2.37. The Labute approximate surface area is 234 Å². The van der Waals surface area contributed by atoms with Gasteiger partial charge in [-0.25, -0.2) is 0 Å². The van der Waals surface area contributed by atoms with Gasteiger partial charge in [-0.15, -0.1) is 0 Å². The first kappa shape index (κ1) is 30.5. The molecule has 0 aromatic carbocycles. The van der Waals surface area contributed by atoms with E-state index in [2.05, 4.69) is 91.5 Å². The fourth-order valence-electron chi connectivity index (χ4n) is 6.67. The molecule has 2 atom stereocenters. The summed E-state index contributed by atoms with van der Waals surface area (Å²) in [5.41, 5.74) is 3.94. The quantitative estimate of drug-likeness (QED) is 0.170. The van der Waals surface area contributed by atoms with E-state index < -0.39 is 36.8 Å². The molecule has 2 aromatic heterocycles. The van der Waals surface area contributed by atoms with E-state index in [0.717, 1.165) is 11.8 Å². The van der Waals surface area contributed by atoms with E-state index in [1.807, 2.05) is 12.0 Å². The molecule has 2 aromatic rings. The predicted molar refractivity (Wildman–Crippen MR) is 170 cm³/mol. The van der Waals surface area contributed by atoms with Gasteiger partial charge in [-0.2, -0.15) is 0 Å².